The molecule has 1 saturated heterocycles. The molecule has 1 fully saturated rings. The lowest BCUT2D eigenvalue weighted by atomic mass is 10.0. The fraction of sp³-hybridized carbons (Fsp3) is 0.444. The van der Waals surface area contributed by atoms with Crippen LogP contribution in [0.5, 0.6) is 0 Å². The van der Waals surface area contributed by atoms with Gasteiger partial charge in [0.05, 0.1) is 17.5 Å². The molecular weight excluding hydrogens is 522 g/mol. The zero-order valence-corrected chi connectivity index (χ0v) is 23.6. The summed E-state index contributed by atoms with van der Waals surface area (Å²) in [7, 11) is 0. The lowest BCUT2D eigenvalue weighted by Gasteiger charge is -2.40. The molecule has 3 aromatic heterocycles. The van der Waals surface area contributed by atoms with Crippen molar-refractivity contribution in [3.63, 3.8) is 0 Å². The third-order valence-electron chi connectivity index (χ3n) is 7.00. The maximum Gasteiger partial charge on any atom is 0.323 e. The monoisotopic (exact) mass is 555 g/mol. The summed E-state index contributed by atoms with van der Waals surface area (Å²) >= 11 is 7.63. The summed E-state index contributed by atoms with van der Waals surface area (Å²) in [5.41, 5.74) is 3.17. The zero-order chi connectivity index (χ0) is 27.1. The number of nitrogens with one attached hydrogen (secondary N) is 2. The fourth-order valence-electron chi connectivity index (χ4n) is 4.92. The Balaban J connectivity index is 1.29. The standard InChI is InChI=1S/C27H34ClN7O2S/c1-18-14-23(28)32-20(3)25(18)26(36)31-8-4-19(2)34-11-5-22(6-12-34)35(16-21-7-13-38-17-21)27(37)33-24-15-29-9-10-30-24/h7,9-10,13-15,17,19,22H,4-6,8,11-12,16H2,1-3H3,(H,31,36)(H,30,33,37). The van der Waals surface area contributed by atoms with E-state index in [0.29, 0.717) is 41.4 Å². The minimum Gasteiger partial charge on any atom is -0.352 e. The Morgan fingerprint density at radius 3 is 2.71 bits per heavy atom. The minimum absolute atomic E-state index is 0.117. The van der Waals surface area contributed by atoms with Crippen molar-refractivity contribution < 1.29 is 9.59 Å². The number of likely N-dealkylation sites (tertiary alicyclic amines) is 1. The van der Waals surface area contributed by atoms with E-state index in [1.807, 2.05) is 17.2 Å². The number of rotatable bonds is 9. The first kappa shape index (κ1) is 27.9. The normalized spacial score (nSPS) is 15.2. The minimum atomic E-state index is -0.159. The second kappa shape index (κ2) is 13.1. The average molecular weight is 556 g/mol. The van der Waals surface area contributed by atoms with Crippen LogP contribution in [-0.4, -0.2) is 68.4 Å². The van der Waals surface area contributed by atoms with Crippen molar-refractivity contribution >= 4 is 40.7 Å². The highest BCUT2D eigenvalue weighted by molar-refractivity contribution is 7.07. The van der Waals surface area contributed by atoms with Gasteiger partial charge in [-0.05, 0) is 74.1 Å². The molecule has 0 aromatic carbocycles. The number of aromatic nitrogens is 3. The average Bonchev–Trinajstić information content (AvgIpc) is 3.41. The third kappa shape index (κ3) is 7.27. The van der Waals surface area contributed by atoms with Gasteiger partial charge in [-0.3, -0.25) is 15.1 Å². The molecule has 3 aromatic rings. The highest BCUT2D eigenvalue weighted by atomic mass is 35.5. The Labute approximate surface area is 232 Å². The summed E-state index contributed by atoms with van der Waals surface area (Å²) in [5, 5.41) is 10.4. The third-order valence-corrected chi connectivity index (χ3v) is 7.92. The summed E-state index contributed by atoms with van der Waals surface area (Å²) in [4.78, 5) is 42.8. The quantitative estimate of drug-likeness (QED) is 0.364. The predicted molar refractivity (Wildman–Crippen MR) is 151 cm³/mol. The second-order valence-corrected chi connectivity index (χ2v) is 10.8. The van der Waals surface area contributed by atoms with Crippen molar-refractivity contribution in [1.82, 2.24) is 30.1 Å². The van der Waals surface area contributed by atoms with E-state index in [9.17, 15) is 9.59 Å². The molecule has 0 saturated carbocycles. The van der Waals surface area contributed by atoms with E-state index in [4.69, 9.17) is 11.6 Å². The van der Waals surface area contributed by atoms with Crippen LogP contribution >= 0.6 is 22.9 Å². The van der Waals surface area contributed by atoms with Crippen molar-refractivity contribution in [1.29, 1.82) is 0 Å². The maximum atomic E-state index is 13.2. The maximum absolute atomic E-state index is 13.2. The number of piperidine rings is 1. The number of hydrogen-bond donors (Lipinski definition) is 2. The molecule has 1 atom stereocenters. The molecule has 0 aliphatic carbocycles. The van der Waals surface area contributed by atoms with Gasteiger partial charge in [0.1, 0.15) is 5.15 Å². The van der Waals surface area contributed by atoms with Crippen LogP contribution in [0.15, 0.2) is 41.5 Å². The molecular formula is C27H34ClN7O2S. The van der Waals surface area contributed by atoms with Crippen molar-refractivity contribution in [3.8, 4) is 0 Å². The molecule has 9 nitrogen and oxygen atoms in total. The van der Waals surface area contributed by atoms with Crippen LogP contribution in [0.4, 0.5) is 10.6 Å². The number of halogens is 1. The summed E-state index contributed by atoms with van der Waals surface area (Å²) in [5.74, 6) is 0.328. The van der Waals surface area contributed by atoms with E-state index in [0.717, 1.165) is 43.5 Å². The number of anilines is 1. The molecule has 0 spiro atoms. The van der Waals surface area contributed by atoms with E-state index >= 15 is 0 Å². The molecule has 4 heterocycles. The van der Waals surface area contributed by atoms with Gasteiger partial charge in [-0.25, -0.2) is 14.8 Å². The van der Waals surface area contributed by atoms with Gasteiger partial charge in [-0.1, -0.05) is 11.6 Å². The van der Waals surface area contributed by atoms with Crippen molar-refractivity contribution in [3.05, 3.63) is 69.0 Å². The number of aryl methyl sites for hydroxylation is 2. The molecule has 202 valence electrons. The predicted octanol–water partition coefficient (Wildman–Crippen LogP) is 4.91. The number of amides is 3. The van der Waals surface area contributed by atoms with Crippen LogP contribution in [0.25, 0.3) is 0 Å². The molecule has 0 radical (unpaired) electrons. The Kier molecular flexibility index (Phi) is 9.65. The summed E-state index contributed by atoms with van der Waals surface area (Å²) in [6, 6.07) is 4.04. The van der Waals surface area contributed by atoms with Crippen LogP contribution in [0, 0.1) is 13.8 Å². The SMILES string of the molecule is Cc1cc(Cl)nc(C)c1C(=O)NCCC(C)N1CCC(N(Cc2ccsc2)C(=O)Nc2cnccn2)CC1. The fourth-order valence-corrected chi connectivity index (χ4v) is 5.87. The lowest BCUT2D eigenvalue weighted by Crippen LogP contribution is -2.50. The molecule has 11 heteroatoms. The molecule has 38 heavy (non-hydrogen) atoms. The highest BCUT2D eigenvalue weighted by Gasteiger charge is 2.30. The second-order valence-electron chi connectivity index (χ2n) is 9.66. The van der Waals surface area contributed by atoms with Gasteiger partial charge < -0.3 is 15.1 Å². The first-order valence-corrected chi connectivity index (χ1v) is 14.1. The summed E-state index contributed by atoms with van der Waals surface area (Å²) in [6.45, 7) is 8.77. The lowest BCUT2D eigenvalue weighted by molar-refractivity contribution is 0.0918. The van der Waals surface area contributed by atoms with Gasteiger partial charge in [0, 0.05) is 50.7 Å². The smallest absolute Gasteiger partial charge is 0.323 e. The van der Waals surface area contributed by atoms with Crippen LogP contribution < -0.4 is 10.6 Å². The van der Waals surface area contributed by atoms with Gasteiger partial charge in [-0.2, -0.15) is 11.3 Å². The van der Waals surface area contributed by atoms with Crippen LogP contribution in [0.2, 0.25) is 5.15 Å². The Morgan fingerprint density at radius 1 is 1.26 bits per heavy atom. The van der Waals surface area contributed by atoms with Gasteiger partial charge in [0.2, 0.25) is 0 Å². The Morgan fingerprint density at radius 2 is 2.05 bits per heavy atom. The topological polar surface area (TPSA) is 103 Å². The number of urea groups is 1. The molecule has 1 aliphatic rings. The molecule has 1 aliphatic heterocycles. The largest absolute Gasteiger partial charge is 0.352 e. The molecule has 0 bridgehead atoms. The van der Waals surface area contributed by atoms with Gasteiger partial charge in [-0.15, -0.1) is 0 Å². The van der Waals surface area contributed by atoms with Crippen molar-refractivity contribution in [2.75, 3.05) is 25.0 Å². The van der Waals surface area contributed by atoms with Crippen LogP contribution in [0.3, 0.4) is 0 Å². The number of thiophene rings is 1. The van der Waals surface area contributed by atoms with E-state index in [1.165, 1.54) is 0 Å². The number of hydrogen-bond acceptors (Lipinski definition) is 7. The highest BCUT2D eigenvalue weighted by Crippen LogP contribution is 2.23. The number of pyridine rings is 1. The van der Waals surface area contributed by atoms with Crippen LogP contribution in [-0.2, 0) is 6.54 Å². The number of carbonyl (C=O) groups excluding carboxylic acids is 2. The van der Waals surface area contributed by atoms with Gasteiger partial charge in [0.15, 0.2) is 5.82 Å². The summed E-state index contributed by atoms with van der Waals surface area (Å²) in [6.07, 6.45) is 7.29. The first-order chi connectivity index (χ1) is 18.3. The van der Waals surface area contributed by atoms with Gasteiger partial charge >= 0.3 is 6.03 Å². The molecule has 3 amide bonds. The Bertz CT molecular complexity index is 1190. The number of nitrogens with zero attached hydrogens (tertiary/aromatic N) is 5. The van der Waals surface area contributed by atoms with E-state index < -0.39 is 0 Å². The van der Waals surface area contributed by atoms with Crippen molar-refractivity contribution in [2.45, 2.75) is 58.7 Å². The summed E-state index contributed by atoms with van der Waals surface area (Å²) < 4.78 is 0. The van der Waals surface area contributed by atoms with Crippen molar-refractivity contribution in [2.24, 2.45) is 0 Å². The van der Waals surface area contributed by atoms with E-state index in [2.05, 4.69) is 48.9 Å². The van der Waals surface area contributed by atoms with E-state index in [1.54, 1.807) is 42.9 Å². The molecule has 2 N–H and O–H groups in total. The first-order valence-electron chi connectivity index (χ1n) is 12.8. The molecule has 4 rings (SSSR count). The van der Waals surface area contributed by atoms with Gasteiger partial charge in [0.25, 0.3) is 5.91 Å². The van der Waals surface area contributed by atoms with E-state index in [-0.39, 0.29) is 18.0 Å². The Hall–Kier alpha value is -3.08. The molecule has 1 unspecified atom stereocenters. The number of carbonyl (C=O) groups is 2. The zero-order valence-electron chi connectivity index (χ0n) is 22.0. The van der Waals surface area contributed by atoms with Crippen LogP contribution in [0.1, 0.15) is 53.4 Å².